The highest BCUT2D eigenvalue weighted by Gasteiger charge is 2.12. The van der Waals surface area contributed by atoms with Crippen LogP contribution in [0.15, 0.2) is 48.5 Å². The smallest absolute Gasteiger partial charge is 0.127 e. The molecule has 0 saturated carbocycles. The summed E-state index contributed by atoms with van der Waals surface area (Å²) in [4.78, 5) is 0. The monoisotopic (exact) mass is 391 g/mol. The molecule has 0 amide bonds. The minimum atomic E-state index is 0.304. The molecule has 3 aromatic carbocycles. The fraction of sp³-hybridized carbons (Fsp3) is 0.280. The quantitative estimate of drug-likeness (QED) is 0.532. The number of anilines is 1. The lowest BCUT2D eigenvalue weighted by atomic mass is 10.0. The van der Waals surface area contributed by atoms with Crippen molar-refractivity contribution >= 4 is 5.69 Å². The maximum atomic E-state index is 10.4. The Bertz CT molecular complexity index is 994. The number of benzene rings is 3. The number of aryl methyl sites for hydroxylation is 4. The summed E-state index contributed by atoms with van der Waals surface area (Å²) in [6.07, 6.45) is 0. The van der Waals surface area contributed by atoms with Crippen LogP contribution in [0.3, 0.4) is 0 Å². The van der Waals surface area contributed by atoms with Gasteiger partial charge in [-0.15, -0.1) is 0 Å². The van der Waals surface area contributed by atoms with E-state index in [1.807, 2.05) is 50.2 Å². The normalized spacial score (nSPS) is 10.7. The lowest BCUT2D eigenvalue weighted by molar-refractivity contribution is 0.294. The van der Waals surface area contributed by atoms with Crippen LogP contribution >= 0.6 is 0 Å². The Hall–Kier alpha value is -3.14. The van der Waals surface area contributed by atoms with E-state index in [0.717, 1.165) is 45.0 Å². The van der Waals surface area contributed by atoms with Gasteiger partial charge in [-0.1, -0.05) is 29.3 Å². The molecule has 0 spiro atoms. The Kier molecular flexibility index (Phi) is 6.32. The van der Waals surface area contributed by atoms with E-state index in [1.54, 1.807) is 7.11 Å². The third kappa shape index (κ3) is 5.02. The summed E-state index contributed by atoms with van der Waals surface area (Å²) in [5, 5.41) is 13.8. The first-order chi connectivity index (χ1) is 13.9. The van der Waals surface area contributed by atoms with Crippen LogP contribution in [0.2, 0.25) is 0 Å². The molecule has 0 aliphatic heterocycles. The standard InChI is InChI=1S/C25H29NO3/c1-16-10-18(3)24(27)21(13-16)15-29-25-19(4)11-17(2)12-20(25)14-26-22-6-8-23(28-5)9-7-22/h6-13,26-27H,14-15H2,1-5H3. The summed E-state index contributed by atoms with van der Waals surface area (Å²) >= 11 is 0. The van der Waals surface area contributed by atoms with Crippen molar-refractivity contribution in [2.24, 2.45) is 0 Å². The highest BCUT2D eigenvalue weighted by Crippen LogP contribution is 2.30. The third-order valence-corrected chi connectivity index (χ3v) is 4.96. The Morgan fingerprint density at radius 3 is 2.10 bits per heavy atom. The predicted molar refractivity (Wildman–Crippen MR) is 118 cm³/mol. The van der Waals surface area contributed by atoms with Gasteiger partial charge in [0.05, 0.1) is 7.11 Å². The first-order valence-corrected chi connectivity index (χ1v) is 9.77. The zero-order valence-electron chi connectivity index (χ0n) is 17.8. The number of methoxy groups -OCH3 is 1. The van der Waals surface area contributed by atoms with Gasteiger partial charge in [0.1, 0.15) is 23.9 Å². The van der Waals surface area contributed by atoms with Crippen LogP contribution in [0.25, 0.3) is 0 Å². The molecule has 0 heterocycles. The number of phenolic OH excluding ortho intramolecular Hbond substituents is 1. The summed E-state index contributed by atoms with van der Waals surface area (Å²) in [6, 6.07) is 16.1. The maximum absolute atomic E-state index is 10.4. The van der Waals surface area contributed by atoms with E-state index in [2.05, 4.69) is 31.3 Å². The fourth-order valence-corrected chi connectivity index (χ4v) is 3.59. The van der Waals surface area contributed by atoms with E-state index in [-0.39, 0.29) is 0 Å². The van der Waals surface area contributed by atoms with Gasteiger partial charge < -0.3 is 19.9 Å². The van der Waals surface area contributed by atoms with Gasteiger partial charge in [-0.25, -0.2) is 0 Å². The van der Waals surface area contributed by atoms with E-state index in [4.69, 9.17) is 9.47 Å². The van der Waals surface area contributed by atoms with Crippen molar-refractivity contribution in [3.8, 4) is 17.2 Å². The van der Waals surface area contributed by atoms with Crippen molar-refractivity contribution in [2.75, 3.05) is 12.4 Å². The van der Waals surface area contributed by atoms with Crippen molar-refractivity contribution in [1.82, 2.24) is 0 Å². The number of aromatic hydroxyl groups is 1. The second-order valence-corrected chi connectivity index (χ2v) is 7.53. The highest BCUT2D eigenvalue weighted by atomic mass is 16.5. The van der Waals surface area contributed by atoms with E-state index in [9.17, 15) is 5.11 Å². The number of hydrogen-bond donors (Lipinski definition) is 2. The van der Waals surface area contributed by atoms with Gasteiger partial charge in [0.15, 0.2) is 0 Å². The minimum absolute atomic E-state index is 0.304. The van der Waals surface area contributed by atoms with Crippen LogP contribution in [0.5, 0.6) is 17.2 Å². The molecule has 0 atom stereocenters. The molecule has 0 aromatic heterocycles. The van der Waals surface area contributed by atoms with Crippen molar-refractivity contribution < 1.29 is 14.6 Å². The SMILES string of the molecule is COc1ccc(NCc2cc(C)cc(C)c2OCc2cc(C)cc(C)c2O)cc1. The maximum Gasteiger partial charge on any atom is 0.127 e. The minimum Gasteiger partial charge on any atom is -0.507 e. The molecule has 0 bridgehead atoms. The van der Waals surface area contributed by atoms with Gasteiger partial charge in [-0.3, -0.25) is 0 Å². The molecular formula is C25H29NO3. The van der Waals surface area contributed by atoms with Crippen molar-refractivity contribution in [3.05, 3.63) is 81.9 Å². The number of hydrogen-bond acceptors (Lipinski definition) is 4. The van der Waals surface area contributed by atoms with Gasteiger partial charge in [-0.05, 0) is 69.2 Å². The second kappa shape index (κ2) is 8.91. The summed E-state index contributed by atoms with van der Waals surface area (Å²) in [7, 11) is 1.66. The lowest BCUT2D eigenvalue weighted by Crippen LogP contribution is -2.06. The van der Waals surface area contributed by atoms with Crippen LogP contribution in [0.1, 0.15) is 33.4 Å². The van der Waals surface area contributed by atoms with Crippen LogP contribution in [0, 0.1) is 27.7 Å². The summed E-state index contributed by atoms with van der Waals surface area (Å²) < 4.78 is 11.4. The Morgan fingerprint density at radius 1 is 0.828 bits per heavy atom. The molecule has 0 fully saturated rings. The average Bonchev–Trinajstić information content (AvgIpc) is 2.69. The molecule has 3 aromatic rings. The zero-order chi connectivity index (χ0) is 21.0. The fourth-order valence-electron chi connectivity index (χ4n) is 3.59. The van der Waals surface area contributed by atoms with Gasteiger partial charge in [-0.2, -0.15) is 0 Å². The molecule has 3 rings (SSSR count). The van der Waals surface area contributed by atoms with Crippen molar-refractivity contribution in [1.29, 1.82) is 0 Å². The average molecular weight is 392 g/mol. The Balaban J connectivity index is 1.79. The first-order valence-electron chi connectivity index (χ1n) is 9.77. The van der Waals surface area contributed by atoms with E-state index in [0.29, 0.717) is 18.9 Å². The first kappa shape index (κ1) is 20.6. The molecule has 0 unspecified atom stereocenters. The molecule has 4 heteroatoms. The van der Waals surface area contributed by atoms with Gasteiger partial charge >= 0.3 is 0 Å². The second-order valence-electron chi connectivity index (χ2n) is 7.53. The molecule has 4 nitrogen and oxygen atoms in total. The van der Waals surface area contributed by atoms with Crippen LogP contribution in [-0.4, -0.2) is 12.2 Å². The topological polar surface area (TPSA) is 50.7 Å². The highest BCUT2D eigenvalue weighted by molar-refractivity contribution is 5.50. The third-order valence-electron chi connectivity index (χ3n) is 4.96. The van der Waals surface area contributed by atoms with E-state index >= 15 is 0 Å². The zero-order valence-corrected chi connectivity index (χ0v) is 17.8. The van der Waals surface area contributed by atoms with Crippen molar-refractivity contribution in [2.45, 2.75) is 40.8 Å². The van der Waals surface area contributed by atoms with Gasteiger partial charge in [0, 0.05) is 23.4 Å². The largest absolute Gasteiger partial charge is 0.507 e. The molecule has 152 valence electrons. The van der Waals surface area contributed by atoms with E-state index in [1.165, 1.54) is 5.56 Å². The molecule has 0 aliphatic rings. The number of rotatable bonds is 7. The molecule has 0 saturated heterocycles. The molecule has 0 aliphatic carbocycles. The van der Waals surface area contributed by atoms with Crippen LogP contribution < -0.4 is 14.8 Å². The van der Waals surface area contributed by atoms with Gasteiger partial charge in [0.2, 0.25) is 0 Å². The van der Waals surface area contributed by atoms with E-state index < -0.39 is 0 Å². The summed E-state index contributed by atoms with van der Waals surface area (Å²) in [5.74, 6) is 1.99. The Labute approximate surface area is 173 Å². The van der Waals surface area contributed by atoms with Crippen molar-refractivity contribution in [3.63, 3.8) is 0 Å². The summed E-state index contributed by atoms with van der Waals surface area (Å²) in [5.41, 5.74) is 7.16. The van der Waals surface area contributed by atoms with Crippen LogP contribution in [0.4, 0.5) is 5.69 Å². The lowest BCUT2D eigenvalue weighted by Gasteiger charge is -2.18. The molecule has 29 heavy (non-hydrogen) atoms. The Morgan fingerprint density at radius 2 is 1.45 bits per heavy atom. The molecule has 2 N–H and O–H groups in total. The summed E-state index contributed by atoms with van der Waals surface area (Å²) in [6.45, 7) is 9.05. The number of nitrogens with one attached hydrogen (secondary N) is 1. The molecular weight excluding hydrogens is 362 g/mol. The van der Waals surface area contributed by atoms with Gasteiger partial charge in [0.25, 0.3) is 0 Å². The number of ether oxygens (including phenoxy) is 2. The van der Waals surface area contributed by atoms with Crippen LogP contribution in [-0.2, 0) is 13.2 Å². The number of phenols is 1. The predicted octanol–water partition coefficient (Wildman–Crippen LogP) is 5.83. The molecule has 0 radical (unpaired) electrons.